The van der Waals surface area contributed by atoms with Crippen LogP contribution in [0.1, 0.15) is 64.1 Å². The van der Waals surface area contributed by atoms with Crippen LogP contribution in [0.25, 0.3) is 17.5 Å². The lowest BCUT2D eigenvalue weighted by Gasteiger charge is -2.27. The van der Waals surface area contributed by atoms with Crippen LogP contribution in [0, 0.1) is 10.1 Å². The molecule has 7 rings (SSSR count). The third kappa shape index (κ3) is 9.63. The number of methoxy groups -OCH3 is 1. The maximum absolute atomic E-state index is 13.3. The molecule has 21 nitrogen and oxygen atoms in total. The molecule has 2 aromatic carbocycles. The molecule has 320 valence electrons. The number of nitrogens with one attached hydrogen (secondary N) is 4. The van der Waals surface area contributed by atoms with Crippen molar-refractivity contribution in [3.63, 3.8) is 0 Å². The van der Waals surface area contributed by atoms with Crippen molar-refractivity contribution in [1.29, 1.82) is 0 Å². The van der Waals surface area contributed by atoms with Gasteiger partial charge in [0.2, 0.25) is 23.5 Å². The molecule has 2 aliphatic rings. The molecule has 1 unspecified atom stereocenters. The van der Waals surface area contributed by atoms with Gasteiger partial charge in [0.1, 0.15) is 17.4 Å². The Labute approximate surface area is 356 Å². The summed E-state index contributed by atoms with van der Waals surface area (Å²) in [4.78, 5) is 83.0. The van der Waals surface area contributed by atoms with Crippen molar-refractivity contribution in [3.8, 4) is 17.3 Å². The standard InChI is InChI=1S/C39H37N11O10S2/c1-60-37-35(46-62(58,59)25-13-9-23(10-14-25)42-31(51)16-11-24-12-18-33(61-24)50(56)57)41-21-28(43-37)29-22-48(47-45-29)20-5-3-2-4-19-40-27-8-6-7-26-34(27)39(55)49(38(26)54)30-15-17-32(52)44-36(30)53/h6-14,16,18,21-22,30,40H,2-5,15,17,19-20H2,1H3,(H,41,46)(H,42,51)(H,44,52,53)/b16-11+. The third-order valence-corrected chi connectivity index (χ3v) is 12.0. The van der Waals surface area contributed by atoms with E-state index >= 15 is 0 Å². The van der Waals surface area contributed by atoms with Gasteiger partial charge in [-0.25, -0.2) is 18.4 Å². The molecule has 23 heteroatoms. The number of piperidine rings is 1. The number of unbranched alkanes of at least 4 members (excludes halogenated alkanes) is 3. The number of aryl methyl sites for hydroxylation is 1. The molecule has 0 radical (unpaired) electrons. The topological polar surface area (TPSA) is 280 Å². The SMILES string of the molecule is COc1nc(-c2cn(CCCCCCNc3cccc4c3C(=O)N(C3CCC(=O)NC3=O)C4=O)nn2)cnc1NS(=O)(=O)c1ccc(NC(=O)/C=C/c2ccc([N+](=O)[O-])s2)cc1. The number of benzene rings is 2. The maximum atomic E-state index is 13.3. The minimum absolute atomic E-state index is 0.0453. The summed E-state index contributed by atoms with van der Waals surface area (Å²) >= 11 is 0.917. The molecule has 1 saturated heterocycles. The van der Waals surface area contributed by atoms with E-state index in [1.54, 1.807) is 29.1 Å². The molecule has 4 N–H and O–H groups in total. The number of nitro groups is 1. The Morgan fingerprint density at radius 3 is 2.56 bits per heavy atom. The quantitative estimate of drug-likeness (QED) is 0.0315. The van der Waals surface area contributed by atoms with E-state index in [2.05, 4.69) is 41.0 Å². The Hall–Kier alpha value is -7.40. The van der Waals surface area contributed by atoms with E-state index in [9.17, 15) is 42.5 Å². The van der Waals surface area contributed by atoms with Crippen molar-refractivity contribution in [2.24, 2.45) is 0 Å². The van der Waals surface area contributed by atoms with E-state index in [0.29, 0.717) is 40.7 Å². The second-order valence-electron chi connectivity index (χ2n) is 13.9. The lowest BCUT2D eigenvalue weighted by atomic mass is 10.0. The Morgan fingerprint density at radius 1 is 1.03 bits per heavy atom. The van der Waals surface area contributed by atoms with Gasteiger partial charge in [-0.3, -0.25) is 53.7 Å². The summed E-state index contributed by atoms with van der Waals surface area (Å²) in [6.45, 7) is 1.10. The molecule has 1 atom stereocenters. The van der Waals surface area contributed by atoms with Crippen molar-refractivity contribution in [2.45, 2.75) is 56.0 Å². The zero-order valence-electron chi connectivity index (χ0n) is 32.8. The molecule has 5 aromatic rings. The molecule has 1 fully saturated rings. The number of amides is 5. The van der Waals surface area contributed by atoms with Crippen molar-refractivity contribution in [3.05, 3.63) is 99.2 Å². The first-order valence-corrected chi connectivity index (χ1v) is 21.4. The normalized spacial score (nSPS) is 15.1. The third-order valence-electron chi connectivity index (χ3n) is 9.69. The predicted molar refractivity (Wildman–Crippen MR) is 224 cm³/mol. The van der Waals surface area contributed by atoms with Gasteiger partial charge in [0, 0.05) is 47.9 Å². The fourth-order valence-corrected chi connectivity index (χ4v) is 8.38. The Bertz CT molecular complexity index is 2720. The largest absolute Gasteiger partial charge is 0.478 e. The average Bonchev–Trinajstić information content (AvgIpc) is 3.99. The van der Waals surface area contributed by atoms with Crippen LogP contribution < -0.4 is 25.4 Å². The van der Waals surface area contributed by atoms with Crippen LogP contribution >= 0.6 is 11.3 Å². The van der Waals surface area contributed by atoms with Crippen molar-refractivity contribution in [1.82, 2.24) is 35.2 Å². The predicted octanol–water partition coefficient (Wildman–Crippen LogP) is 4.24. The fraction of sp³-hybridized carbons (Fsp3) is 0.256. The Balaban J connectivity index is 0.860. The number of hydrogen-bond acceptors (Lipinski definition) is 16. The molecular weight excluding hydrogens is 847 g/mol. The second kappa shape index (κ2) is 18.5. The minimum atomic E-state index is -4.16. The number of thiophene rings is 1. The number of carbonyl (C=O) groups excluding carboxylic acids is 5. The van der Waals surface area contributed by atoms with Crippen LogP contribution in [0.5, 0.6) is 5.88 Å². The molecule has 5 amide bonds. The lowest BCUT2D eigenvalue weighted by molar-refractivity contribution is -0.380. The molecule has 0 spiro atoms. The number of imide groups is 2. The van der Waals surface area contributed by atoms with Gasteiger partial charge in [0.15, 0.2) is 0 Å². The van der Waals surface area contributed by atoms with E-state index in [0.717, 1.165) is 41.9 Å². The Kier molecular flexibility index (Phi) is 12.7. The van der Waals surface area contributed by atoms with Crippen LogP contribution in [0.2, 0.25) is 0 Å². The van der Waals surface area contributed by atoms with Gasteiger partial charge >= 0.3 is 5.00 Å². The van der Waals surface area contributed by atoms with Gasteiger partial charge in [0.05, 0.1) is 40.4 Å². The monoisotopic (exact) mass is 883 g/mol. The van der Waals surface area contributed by atoms with Gasteiger partial charge in [-0.15, -0.1) is 5.10 Å². The first-order chi connectivity index (χ1) is 29.8. The number of sulfonamides is 1. The van der Waals surface area contributed by atoms with E-state index in [4.69, 9.17) is 4.74 Å². The highest BCUT2D eigenvalue weighted by Gasteiger charge is 2.45. The number of nitrogens with zero attached hydrogens (tertiary/aromatic N) is 7. The summed E-state index contributed by atoms with van der Waals surface area (Å²) in [6.07, 6.45) is 9.05. The van der Waals surface area contributed by atoms with E-state index in [1.807, 2.05) is 0 Å². The van der Waals surface area contributed by atoms with Crippen LogP contribution in [-0.2, 0) is 31.0 Å². The molecule has 3 aromatic heterocycles. The van der Waals surface area contributed by atoms with Gasteiger partial charge in [-0.05, 0) is 67.8 Å². The van der Waals surface area contributed by atoms with Gasteiger partial charge in [-0.1, -0.05) is 35.5 Å². The summed E-state index contributed by atoms with van der Waals surface area (Å²) in [6, 6.07) is 12.1. The first kappa shape index (κ1) is 42.7. The average molecular weight is 884 g/mol. The van der Waals surface area contributed by atoms with Gasteiger partial charge in [-0.2, -0.15) is 0 Å². The lowest BCUT2D eigenvalue weighted by Crippen LogP contribution is -2.54. The number of carbonyl (C=O) groups is 5. The number of fused-ring (bicyclic) bond motifs is 1. The summed E-state index contributed by atoms with van der Waals surface area (Å²) < 4.78 is 35.8. The van der Waals surface area contributed by atoms with Gasteiger partial charge in [0.25, 0.3) is 27.7 Å². The number of rotatable bonds is 18. The highest BCUT2D eigenvalue weighted by atomic mass is 32.2. The summed E-state index contributed by atoms with van der Waals surface area (Å²) in [5, 5.41) is 27.2. The molecule has 0 bridgehead atoms. The summed E-state index contributed by atoms with van der Waals surface area (Å²) in [5.74, 6) is -3.01. The molecule has 0 saturated carbocycles. The van der Waals surface area contributed by atoms with E-state index in [1.165, 1.54) is 61.9 Å². The maximum Gasteiger partial charge on any atom is 0.324 e. The van der Waals surface area contributed by atoms with Crippen LogP contribution in [0.3, 0.4) is 0 Å². The molecule has 0 aliphatic carbocycles. The highest BCUT2D eigenvalue weighted by Crippen LogP contribution is 2.33. The number of ether oxygens (including phenoxy) is 1. The van der Waals surface area contributed by atoms with E-state index < -0.39 is 50.5 Å². The number of aromatic nitrogens is 5. The molecule has 2 aliphatic heterocycles. The van der Waals surface area contributed by atoms with Crippen LogP contribution in [0.4, 0.5) is 22.2 Å². The van der Waals surface area contributed by atoms with Crippen molar-refractivity contribution < 1.29 is 42.1 Å². The van der Waals surface area contributed by atoms with Crippen LogP contribution in [-0.4, -0.2) is 92.4 Å². The van der Waals surface area contributed by atoms with E-state index in [-0.39, 0.29) is 45.6 Å². The second-order valence-corrected chi connectivity index (χ2v) is 16.7. The first-order valence-electron chi connectivity index (χ1n) is 19.1. The molecule has 62 heavy (non-hydrogen) atoms. The van der Waals surface area contributed by atoms with Crippen molar-refractivity contribution in [2.75, 3.05) is 29.0 Å². The zero-order chi connectivity index (χ0) is 44.0. The van der Waals surface area contributed by atoms with Crippen LogP contribution in [0.15, 0.2) is 78.0 Å². The Morgan fingerprint density at radius 2 is 1.82 bits per heavy atom. The minimum Gasteiger partial charge on any atom is -0.478 e. The fourth-order valence-electron chi connectivity index (χ4n) is 6.65. The number of anilines is 3. The summed E-state index contributed by atoms with van der Waals surface area (Å²) in [7, 11) is -2.85. The summed E-state index contributed by atoms with van der Waals surface area (Å²) in [5.41, 5.74) is 1.93. The zero-order valence-corrected chi connectivity index (χ0v) is 34.4. The van der Waals surface area contributed by atoms with Gasteiger partial charge < -0.3 is 15.4 Å². The number of hydrogen-bond donors (Lipinski definition) is 4. The highest BCUT2D eigenvalue weighted by molar-refractivity contribution is 7.92. The van der Waals surface area contributed by atoms with Crippen molar-refractivity contribution >= 4 is 79.2 Å². The smallest absolute Gasteiger partial charge is 0.324 e. The molecular formula is C39H37N11O10S2. The molecule has 5 heterocycles.